The Labute approximate surface area is 154 Å². The van der Waals surface area contributed by atoms with Crippen LogP contribution in [0.5, 0.6) is 17.2 Å². The molecular formula is C20H16O7. The molecule has 7 nitrogen and oxygen atoms in total. The third-order valence-corrected chi connectivity index (χ3v) is 4.29. The minimum atomic E-state index is -0.779. The molecule has 0 atom stereocenters. The summed E-state index contributed by atoms with van der Waals surface area (Å²) in [5.41, 5.74) is -0.489. The molecule has 1 aliphatic rings. The van der Waals surface area contributed by atoms with Crippen molar-refractivity contribution in [2.75, 3.05) is 0 Å². The van der Waals surface area contributed by atoms with Gasteiger partial charge in [0.2, 0.25) is 5.78 Å². The van der Waals surface area contributed by atoms with Crippen molar-refractivity contribution in [2.24, 2.45) is 0 Å². The summed E-state index contributed by atoms with van der Waals surface area (Å²) in [7, 11) is 0. The van der Waals surface area contributed by atoms with E-state index >= 15 is 0 Å². The molecule has 0 unspecified atom stereocenters. The number of ether oxygens (including phenoxy) is 1. The van der Waals surface area contributed by atoms with Crippen LogP contribution >= 0.6 is 0 Å². The molecule has 0 aromatic heterocycles. The van der Waals surface area contributed by atoms with Gasteiger partial charge in [-0.1, -0.05) is 6.58 Å². The maximum absolute atomic E-state index is 13.1. The quantitative estimate of drug-likeness (QED) is 0.523. The Bertz CT molecular complexity index is 1060. The van der Waals surface area contributed by atoms with Gasteiger partial charge in [-0.05, 0) is 37.6 Å². The number of aromatic hydroxyl groups is 3. The lowest BCUT2D eigenvalue weighted by molar-refractivity contribution is 0.0973. The average Bonchev–Trinajstić information content (AvgIpc) is 2.57. The van der Waals surface area contributed by atoms with Gasteiger partial charge in [-0.15, -0.1) is 0 Å². The fourth-order valence-corrected chi connectivity index (χ4v) is 3.14. The second-order valence-corrected chi connectivity index (χ2v) is 6.04. The molecule has 4 N–H and O–H groups in total. The third-order valence-electron chi connectivity index (χ3n) is 4.29. The predicted molar refractivity (Wildman–Crippen MR) is 96.0 cm³/mol. The zero-order chi connectivity index (χ0) is 20.0. The van der Waals surface area contributed by atoms with Gasteiger partial charge in [0.1, 0.15) is 23.0 Å². The monoisotopic (exact) mass is 368 g/mol. The van der Waals surface area contributed by atoms with Crippen LogP contribution < -0.4 is 0 Å². The predicted octanol–water partition coefficient (Wildman–Crippen LogP) is 3.29. The van der Waals surface area contributed by atoms with Crippen LogP contribution in [0, 0.1) is 6.92 Å². The van der Waals surface area contributed by atoms with Crippen LogP contribution in [-0.2, 0) is 4.74 Å². The maximum Gasteiger partial charge on any atom is 0.277 e. The van der Waals surface area contributed by atoms with Gasteiger partial charge in [0.05, 0.1) is 11.1 Å². The van der Waals surface area contributed by atoms with Crippen molar-refractivity contribution in [2.45, 2.75) is 13.8 Å². The van der Waals surface area contributed by atoms with Crippen molar-refractivity contribution in [1.29, 1.82) is 0 Å². The number of phenolic OH excluding ortho intramolecular Hbond substituents is 3. The van der Waals surface area contributed by atoms with Crippen LogP contribution in [0.2, 0.25) is 0 Å². The van der Waals surface area contributed by atoms with Gasteiger partial charge in [0, 0.05) is 22.8 Å². The lowest BCUT2D eigenvalue weighted by Crippen LogP contribution is -2.23. The van der Waals surface area contributed by atoms with E-state index in [9.17, 15) is 30.0 Å². The SMILES string of the molecule is C=C(O/C(O)=C\C)c1c(C)cc(O)c2c1C(=O)c1cc(O)cc(O)c1C2=O. The molecule has 2 aromatic rings. The Hall–Kier alpha value is -3.74. The summed E-state index contributed by atoms with van der Waals surface area (Å²) in [5.74, 6) is -3.44. The standard InChI is InChI=1S/C20H16O7/c1-4-14(24)27-9(3)15-8(2)5-12(22)17-18(15)19(25)11-6-10(21)7-13(23)16(11)20(17)26/h4-7,21-24H,3H2,1-2H3/b14-4-. The number of carbonyl (C=O) groups excluding carboxylic acids is 2. The largest absolute Gasteiger partial charge is 0.508 e. The summed E-state index contributed by atoms with van der Waals surface area (Å²) in [4.78, 5) is 26.0. The summed E-state index contributed by atoms with van der Waals surface area (Å²) >= 11 is 0. The van der Waals surface area contributed by atoms with E-state index in [1.54, 1.807) is 6.92 Å². The summed E-state index contributed by atoms with van der Waals surface area (Å²) in [6.07, 6.45) is 1.27. The zero-order valence-corrected chi connectivity index (χ0v) is 14.5. The van der Waals surface area contributed by atoms with Crippen LogP contribution in [0.25, 0.3) is 5.76 Å². The molecular weight excluding hydrogens is 352 g/mol. The molecule has 0 fully saturated rings. The van der Waals surface area contributed by atoms with E-state index in [0.29, 0.717) is 5.56 Å². The van der Waals surface area contributed by atoms with Crippen LogP contribution in [0.15, 0.2) is 36.8 Å². The molecule has 3 rings (SSSR count). The second-order valence-electron chi connectivity index (χ2n) is 6.04. The van der Waals surface area contributed by atoms with Gasteiger partial charge in [0.15, 0.2) is 5.78 Å². The summed E-state index contributed by atoms with van der Waals surface area (Å²) in [6, 6.07) is 3.27. The fraction of sp³-hybridized carbons (Fsp3) is 0.100. The average molecular weight is 368 g/mol. The van der Waals surface area contributed by atoms with E-state index < -0.39 is 34.8 Å². The molecule has 2 aromatic carbocycles. The molecule has 0 radical (unpaired) electrons. The molecule has 0 saturated carbocycles. The minimum absolute atomic E-state index is 0.103. The molecule has 0 saturated heterocycles. The normalized spacial score (nSPS) is 13.2. The lowest BCUT2D eigenvalue weighted by Gasteiger charge is -2.24. The number of aliphatic hydroxyl groups excluding tert-OH is 1. The van der Waals surface area contributed by atoms with Crippen molar-refractivity contribution in [3.8, 4) is 17.2 Å². The highest BCUT2D eigenvalue weighted by atomic mass is 16.6. The molecule has 0 spiro atoms. The molecule has 138 valence electrons. The summed E-state index contributed by atoms with van der Waals surface area (Å²) < 4.78 is 5.17. The van der Waals surface area contributed by atoms with Crippen LogP contribution in [0.3, 0.4) is 0 Å². The summed E-state index contributed by atoms with van der Waals surface area (Å²) in [6.45, 7) is 6.79. The minimum Gasteiger partial charge on any atom is -0.508 e. The maximum atomic E-state index is 13.1. The molecule has 27 heavy (non-hydrogen) atoms. The number of fused-ring (bicyclic) bond motifs is 2. The van der Waals surface area contributed by atoms with Gasteiger partial charge in [-0.3, -0.25) is 9.59 Å². The van der Waals surface area contributed by atoms with E-state index in [-0.39, 0.29) is 33.6 Å². The molecule has 0 aliphatic heterocycles. The number of carbonyl (C=O) groups is 2. The van der Waals surface area contributed by atoms with Crippen LogP contribution in [-0.4, -0.2) is 32.0 Å². The van der Waals surface area contributed by atoms with Crippen molar-refractivity contribution in [3.63, 3.8) is 0 Å². The topological polar surface area (TPSA) is 124 Å². The van der Waals surface area contributed by atoms with E-state index in [1.807, 2.05) is 0 Å². The van der Waals surface area contributed by atoms with E-state index in [2.05, 4.69) is 6.58 Å². The molecule has 7 heteroatoms. The van der Waals surface area contributed by atoms with Crippen molar-refractivity contribution >= 4 is 17.3 Å². The molecule has 1 aliphatic carbocycles. The van der Waals surface area contributed by atoms with Gasteiger partial charge in [0.25, 0.3) is 5.95 Å². The Kier molecular flexibility index (Phi) is 4.15. The number of phenols is 3. The highest BCUT2D eigenvalue weighted by Crippen LogP contribution is 2.42. The first kappa shape index (κ1) is 18.1. The van der Waals surface area contributed by atoms with Crippen LogP contribution in [0.4, 0.5) is 0 Å². The van der Waals surface area contributed by atoms with Crippen molar-refractivity contribution in [3.05, 3.63) is 70.2 Å². The number of ketones is 2. The van der Waals surface area contributed by atoms with Gasteiger partial charge < -0.3 is 25.2 Å². The first-order chi connectivity index (χ1) is 12.7. The van der Waals surface area contributed by atoms with Crippen LogP contribution in [0.1, 0.15) is 49.9 Å². The number of aliphatic hydroxyl groups is 1. The molecule has 0 bridgehead atoms. The van der Waals surface area contributed by atoms with E-state index in [1.165, 1.54) is 19.1 Å². The van der Waals surface area contributed by atoms with E-state index in [0.717, 1.165) is 12.1 Å². The number of allylic oxidation sites excluding steroid dienone is 1. The number of rotatable bonds is 3. The fourth-order valence-electron chi connectivity index (χ4n) is 3.14. The zero-order valence-electron chi connectivity index (χ0n) is 14.5. The van der Waals surface area contributed by atoms with Crippen molar-refractivity contribution < 1.29 is 34.8 Å². The molecule has 0 heterocycles. The first-order valence-electron chi connectivity index (χ1n) is 7.91. The third kappa shape index (κ3) is 2.69. The smallest absolute Gasteiger partial charge is 0.277 e. The highest BCUT2D eigenvalue weighted by molar-refractivity contribution is 6.31. The number of aryl methyl sites for hydroxylation is 1. The van der Waals surface area contributed by atoms with Gasteiger partial charge >= 0.3 is 0 Å². The lowest BCUT2D eigenvalue weighted by atomic mass is 9.79. The Morgan fingerprint density at radius 2 is 1.63 bits per heavy atom. The first-order valence-corrected chi connectivity index (χ1v) is 7.91. The molecule has 0 amide bonds. The highest BCUT2D eigenvalue weighted by Gasteiger charge is 2.38. The van der Waals surface area contributed by atoms with Gasteiger partial charge in [-0.2, -0.15) is 0 Å². The van der Waals surface area contributed by atoms with Crippen molar-refractivity contribution in [1.82, 2.24) is 0 Å². The Balaban J connectivity index is 2.34. The second kappa shape index (κ2) is 6.21. The van der Waals surface area contributed by atoms with Gasteiger partial charge in [-0.25, -0.2) is 0 Å². The summed E-state index contributed by atoms with van der Waals surface area (Å²) in [5, 5.41) is 39.6. The number of hydrogen-bond donors (Lipinski definition) is 4. The Morgan fingerprint density at radius 3 is 2.26 bits per heavy atom. The Morgan fingerprint density at radius 1 is 1.00 bits per heavy atom. The van der Waals surface area contributed by atoms with E-state index in [4.69, 9.17) is 4.74 Å². The number of hydrogen-bond acceptors (Lipinski definition) is 7. The number of benzene rings is 2.